The first-order valence-electron chi connectivity index (χ1n) is 12.5. The van der Waals surface area contributed by atoms with Gasteiger partial charge in [0.2, 0.25) is 11.7 Å². The average molecular weight is 539 g/mol. The molecule has 0 fully saturated rings. The van der Waals surface area contributed by atoms with Crippen LogP contribution < -0.4 is 19.3 Å². The van der Waals surface area contributed by atoms with E-state index in [1.807, 2.05) is 43.3 Å². The number of aromatic nitrogens is 2. The first-order chi connectivity index (χ1) is 19.3. The molecule has 5 aromatic rings. The van der Waals surface area contributed by atoms with Crippen molar-refractivity contribution in [1.82, 2.24) is 9.97 Å². The number of ether oxygens (including phenoxy) is 2. The van der Waals surface area contributed by atoms with Crippen LogP contribution in [0, 0.1) is 0 Å². The van der Waals surface area contributed by atoms with Gasteiger partial charge in [-0.25, -0.2) is 4.98 Å². The van der Waals surface area contributed by atoms with Gasteiger partial charge < -0.3 is 28.9 Å². The molecule has 10 heteroatoms. The molecule has 0 spiro atoms. The average Bonchev–Trinajstić information content (AvgIpc) is 3.66. The van der Waals surface area contributed by atoms with Crippen LogP contribution in [0.25, 0.3) is 22.0 Å². The molecule has 1 amide bonds. The smallest absolute Gasteiger partial charge is 0.296 e. The Labute approximate surface area is 229 Å². The van der Waals surface area contributed by atoms with E-state index in [1.165, 1.54) is 12.0 Å². The number of Topliss-reactive ketones (excluding diaryl/α,β-unsaturated/α-hetero) is 1. The van der Waals surface area contributed by atoms with E-state index in [4.69, 9.17) is 13.9 Å². The Morgan fingerprint density at radius 2 is 1.82 bits per heavy atom. The first-order valence-corrected chi connectivity index (χ1v) is 12.5. The number of nitrogens with zero attached hydrogens (tertiary/aromatic N) is 3. The molecule has 6 rings (SSSR count). The summed E-state index contributed by atoms with van der Waals surface area (Å²) in [7, 11) is 6.90. The number of H-pyrrole nitrogens is 1. The lowest BCUT2D eigenvalue weighted by Crippen LogP contribution is -2.32. The number of carbonyl (C=O) groups is 2. The van der Waals surface area contributed by atoms with Crippen molar-refractivity contribution in [2.75, 3.05) is 38.1 Å². The number of amides is 1. The molecule has 1 aliphatic heterocycles. The van der Waals surface area contributed by atoms with Crippen molar-refractivity contribution in [3.63, 3.8) is 0 Å². The Morgan fingerprint density at radius 1 is 1.05 bits per heavy atom. The Balaban J connectivity index is 1.50. The number of fused-ring (bicyclic) bond motifs is 2. The molecule has 202 valence electrons. The summed E-state index contributed by atoms with van der Waals surface area (Å²) < 4.78 is 16.6. The van der Waals surface area contributed by atoms with Crippen molar-refractivity contribution in [3.8, 4) is 11.5 Å². The molecule has 2 aromatic heterocycles. The van der Waals surface area contributed by atoms with E-state index in [0.29, 0.717) is 39.1 Å². The molecule has 2 N–H and O–H groups in total. The number of rotatable bonds is 7. The normalized spacial score (nSPS) is 15.3. The summed E-state index contributed by atoms with van der Waals surface area (Å²) in [5.41, 5.74) is 3.05. The molecule has 0 aliphatic carbocycles. The van der Waals surface area contributed by atoms with Crippen LogP contribution in [0.2, 0.25) is 0 Å². The summed E-state index contributed by atoms with van der Waals surface area (Å²) in [6, 6.07) is 18.6. The van der Waals surface area contributed by atoms with Crippen LogP contribution in [0.5, 0.6) is 11.5 Å². The Bertz CT molecular complexity index is 1820. The highest BCUT2D eigenvalue weighted by molar-refractivity contribution is 6.20. The van der Waals surface area contributed by atoms with E-state index in [1.54, 1.807) is 49.6 Å². The third-order valence-corrected chi connectivity index (χ3v) is 7.03. The molecule has 0 radical (unpaired) electrons. The Morgan fingerprint density at radius 3 is 2.52 bits per heavy atom. The lowest BCUT2D eigenvalue weighted by Gasteiger charge is -2.25. The number of aromatic amines is 1. The van der Waals surface area contributed by atoms with Gasteiger partial charge in [0.15, 0.2) is 22.9 Å². The summed E-state index contributed by atoms with van der Waals surface area (Å²) in [4.78, 5) is 38.6. The van der Waals surface area contributed by atoms with Gasteiger partial charge in [-0.2, -0.15) is 0 Å². The number of carbonyl (C=O) groups excluding carboxylic acids is 2. The van der Waals surface area contributed by atoms with Gasteiger partial charge in [-0.3, -0.25) is 14.5 Å². The van der Waals surface area contributed by atoms with E-state index in [9.17, 15) is 14.7 Å². The number of aliphatic hydroxyl groups is 1. The van der Waals surface area contributed by atoms with Crippen molar-refractivity contribution in [2.45, 2.75) is 6.04 Å². The lowest BCUT2D eigenvalue weighted by atomic mass is 9.95. The van der Waals surface area contributed by atoms with Crippen LogP contribution in [-0.2, 0) is 4.79 Å². The highest BCUT2D eigenvalue weighted by atomic mass is 16.5. The van der Waals surface area contributed by atoms with Crippen LogP contribution in [0.3, 0.4) is 0 Å². The van der Waals surface area contributed by atoms with Crippen molar-refractivity contribution >= 4 is 45.3 Å². The van der Waals surface area contributed by atoms with Crippen LogP contribution in [0.15, 0.2) is 82.5 Å². The third kappa shape index (κ3) is 3.92. The topological polar surface area (TPSA) is 121 Å². The van der Waals surface area contributed by atoms with Gasteiger partial charge in [0.05, 0.1) is 36.9 Å². The predicted molar refractivity (Wildman–Crippen MR) is 150 cm³/mol. The van der Waals surface area contributed by atoms with Crippen LogP contribution >= 0.6 is 0 Å². The number of imidazole rings is 1. The summed E-state index contributed by atoms with van der Waals surface area (Å²) in [5, 5.41) is 11.8. The number of nitrogens with one attached hydrogen (secondary N) is 1. The third-order valence-electron chi connectivity index (χ3n) is 7.03. The summed E-state index contributed by atoms with van der Waals surface area (Å²) in [6.07, 6.45) is 0. The molecular formula is C30H26N4O6. The number of benzene rings is 3. The molecular weight excluding hydrogens is 512 g/mol. The number of para-hydroxylation sites is 1. The van der Waals surface area contributed by atoms with E-state index in [0.717, 1.165) is 5.69 Å². The highest BCUT2D eigenvalue weighted by Crippen LogP contribution is 2.43. The maximum Gasteiger partial charge on any atom is 0.296 e. The van der Waals surface area contributed by atoms with Crippen LogP contribution in [-0.4, -0.2) is 55.1 Å². The number of hydrogen-bond donors (Lipinski definition) is 2. The molecule has 1 aliphatic rings. The van der Waals surface area contributed by atoms with E-state index in [-0.39, 0.29) is 17.3 Å². The number of aliphatic hydroxyl groups excluding tert-OH is 1. The Kier molecular flexibility index (Phi) is 5.95. The zero-order valence-electron chi connectivity index (χ0n) is 22.3. The minimum Gasteiger partial charge on any atom is -0.503 e. The monoisotopic (exact) mass is 538 g/mol. The summed E-state index contributed by atoms with van der Waals surface area (Å²) in [6.45, 7) is 0. The first kappa shape index (κ1) is 25.1. The van der Waals surface area contributed by atoms with E-state index < -0.39 is 23.5 Å². The SMILES string of the molecule is COc1ccc2nc(N3C(=O)C(O)=C(C(=O)c4cc5cccc(OC)c5o4)C3c3ccc(N(C)C)cc3)[nH]c2c1. The minimum atomic E-state index is -0.978. The van der Waals surface area contributed by atoms with Gasteiger partial charge in [-0.15, -0.1) is 0 Å². The lowest BCUT2D eigenvalue weighted by molar-refractivity contribution is -0.117. The number of anilines is 2. The van der Waals surface area contributed by atoms with Gasteiger partial charge in [-0.05, 0) is 42.0 Å². The summed E-state index contributed by atoms with van der Waals surface area (Å²) >= 11 is 0. The molecule has 1 atom stereocenters. The van der Waals surface area contributed by atoms with Crippen molar-refractivity contribution in [1.29, 1.82) is 0 Å². The summed E-state index contributed by atoms with van der Waals surface area (Å²) in [5.74, 6) is -0.820. The fourth-order valence-corrected chi connectivity index (χ4v) is 4.98. The van der Waals surface area contributed by atoms with E-state index in [2.05, 4.69) is 9.97 Å². The number of hydrogen-bond acceptors (Lipinski definition) is 8. The van der Waals surface area contributed by atoms with Crippen molar-refractivity contribution in [3.05, 3.63) is 89.4 Å². The predicted octanol–water partition coefficient (Wildman–Crippen LogP) is 5.18. The zero-order chi connectivity index (χ0) is 28.1. The molecule has 1 unspecified atom stereocenters. The largest absolute Gasteiger partial charge is 0.503 e. The van der Waals surface area contributed by atoms with Gasteiger partial charge >= 0.3 is 0 Å². The van der Waals surface area contributed by atoms with Crippen LogP contribution in [0.4, 0.5) is 11.6 Å². The van der Waals surface area contributed by atoms with Gasteiger partial charge in [0.25, 0.3) is 5.91 Å². The second kappa shape index (κ2) is 9.49. The molecule has 40 heavy (non-hydrogen) atoms. The number of methoxy groups -OCH3 is 2. The highest BCUT2D eigenvalue weighted by Gasteiger charge is 2.46. The molecule has 3 aromatic carbocycles. The molecule has 10 nitrogen and oxygen atoms in total. The van der Waals surface area contributed by atoms with E-state index >= 15 is 0 Å². The standard InChI is InChI=1S/C30H26N4O6/c1-33(2)18-10-8-16(9-11-18)25-24(26(35)23-14-17-6-5-7-22(39-4)28(17)40-23)27(36)29(37)34(25)30-31-20-13-12-19(38-3)15-21(20)32-30/h5-15,25,36H,1-4H3,(H,31,32). The Hall–Kier alpha value is -5.25. The maximum absolute atomic E-state index is 14.0. The van der Waals surface area contributed by atoms with Gasteiger partial charge in [0, 0.05) is 31.2 Å². The molecule has 3 heterocycles. The molecule has 0 saturated carbocycles. The number of ketones is 1. The van der Waals surface area contributed by atoms with Crippen molar-refractivity contribution < 1.29 is 28.6 Å². The molecule has 0 bridgehead atoms. The fourth-order valence-electron chi connectivity index (χ4n) is 4.98. The van der Waals surface area contributed by atoms with Crippen molar-refractivity contribution in [2.24, 2.45) is 0 Å². The van der Waals surface area contributed by atoms with Crippen LogP contribution in [0.1, 0.15) is 22.2 Å². The minimum absolute atomic E-state index is 0.0278. The number of furan rings is 1. The second-order valence-corrected chi connectivity index (χ2v) is 9.59. The van der Waals surface area contributed by atoms with Gasteiger partial charge in [-0.1, -0.05) is 24.3 Å². The van der Waals surface area contributed by atoms with Gasteiger partial charge in [0.1, 0.15) is 5.75 Å². The quantitative estimate of drug-likeness (QED) is 0.272. The molecule has 0 saturated heterocycles. The fraction of sp³-hybridized carbons (Fsp3) is 0.167. The zero-order valence-corrected chi connectivity index (χ0v) is 22.3. The maximum atomic E-state index is 14.0. The second-order valence-electron chi connectivity index (χ2n) is 9.59.